The van der Waals surface area contributed by atoms with Gasteiger partial charge in [0.15, 0.2) is 0 Å². The van der Waals surface area contributed by atoms with Crippen LogP contribution >= 0.6 is 0 Å². The lowest BCUT2D eigenvalue weighted by Gasteiger charge is -2.28. The second-order valence-corrected chi connectivity index (χ2v) is 4.17. The molecule has 1 fully saturated rings. The molecule has 1 saturated heterocycles. The van der Waals surface area contributed by atoms with Gasteiger partial charge in [-0.15, -0.1) is 0 Å². The van der Waals surface area contributed by atoms with Crippen molar-refractivity contribution in [1.29, 1.82) is 0 Å². The summed E-state index contributed by atoms with van der Waals surface area (Å²) in [5.74, 6) is 0.678. The summed E-state index contributed by atoms with van der Waals surface area (Å²) in [5.41, 5.74) is 1.83. The predicted molar refractivity (Wildman–Crippen MR) is 63.2 cm³/mol. The summed E-state index contributed by atoms with van der Waals surface area (Å²) >= 11 is 0. The quantitative estimate of drug-likeness (QED) is 0.866. The van der Waals surface area contributed by atoms with Gasteiger partial charge in [-0.05, 0) is 19.1 Å². The second-order valence-electron chi connectivity index (χ2n) is 4.17. The van der Waals surface area contributed by atoms with E-state index in [-0.39, 0.29) is 6.10 Å². The predicted octanol–water partition coefficient (Wildman–Crippen LogP) is 1.45. The van der Waals surface area contributed by atoms with E-state index in [4.69, 9.17) is 14.2 Å². The highest BCUT2D eigenvalue weighted by Crippen LogP contribution is 2.30. The molecule has 1 N–H and O–H groups in total. The Morgan fingerprint density at radius 3 is 2.88 bits per heavy atom. The van der Waals surface area contributed by atoms with Crippen LogP contribution in [0.4, 0.5) is 0 Å². The normalized spacial score (nSPS) is 22.2. The minimum Gasteiger partial charge on any atom is -0.496 e. The zero-order valence-corrected chi connectivity index (χ0v) is 10.2. The average Bonchev–Trinajstić information content (AvgIpc) is 2.39. The van der Waals surface area contributed by atoms with Crippen LogP contribution in [0.15, 0.2) is 18.2 Å². The molecular formula is C13H18O4. The molecule has 0 radical (unpaired) electrons. The fourth-order valence-corrected chi connectivity index (χ4v) is 1.97. The smallest absolute Gasteiger partial charge is 0.124 e. The molecule has 17 heavy (non-hydrogen) atoms. The monoisotopic (exact) mass is 238 g/mol. The molecule has 0 spiro atoms. The number of ether oxygens (including phenoxy) is 3. The third-order valence-corrected chi connectivity index (χ3v) is 2.90. The molecule has 0 aromatic heterocycles. The van der Waals surface area contributed by atoms with Crippen molar-refractivity contribution in [2.75, 3.05) is 26.9 Å². The summed E-state index contributed by atoms with van der Waals surface area (Å²) in [5, 5.41) is 10.3. The molecule has 1 heterocycles. The maximum atomic E-state index is 10.3. The Morgan fingerprint density at radius 1 is 1.41 bits per heavy atom. The molecule has 0 bridgehead atoms. The highest BCUT2D eigenvalue weighted by atomic mass is 16.6. The van der Waals surface area contributed by atoms with Crippen molar-refractivity contribution >= 4 is 0 Å². The van der Waals surface area contributed by atoms with Crippen LogP contribution in [0.2, 0.25) is 0 Å². The molecule has 4 nitrogen and oxygen atoms in total. The number of aliphatic hydroxyl groups is 1. The van der Waals surface area contributed by atoms with Gasteiger partial charge in [-0.25, -0.2) is 0 Å². The van der Waals surface area contributed by atoms with Gasteiger partial charge in [0.05, 0.1) is 26.9 Å². The second kappa shape index (κ2) is 5.49. The first-order valence-electron chi connectivity index (χ1n) is 5.74. The summed E-state index contributed by atoms with van der Waals surface area (Å²) in [6, 6.07) is 5.73. The molecule has 0 aliphatic carbocycles. The van der Waals surface area contributed by atoms with E-state index in [9.17, 15) is 5.11 Å². The molecule has 1 aromatic carbocycles. The third-order valence-electron chi connectivity index (χ3n) is 2.90. The lowest BCUT2D eigenvalue weighted by Crippen LogP contribution is -2.34. The van der Waals surface area contributed by atoms with Gasteiger partial charge in [0.1, 0.15) is 18.0 Å². The Labute approximate surface area is 101 Å². The Bertz CT molecular complexity index is 372. The van der Waals surface area contributed by atoms with E-state index in [1.165, 1.54) is 0 Å². The van der Waals surface area contributed by atoms with Crippen LogP contribution in [0, 0.1) is 6.92 Å². The molecule has 0 amide bonds. The van der Waals surface area contributed by atoms with Gasteiger partial charge in [0.25, 0.3) is 0 Å². The zero-order valence-electron chi connectivity index (χ0n) is 10.2. The molecule has 2 unspecified atom stereocenters. The number of methoxy groups -OCH3 is 1. The van der Waals surface area contributed by atoms with Crippen LogP contribution in [0.1, 0.15) is 17.2 Å². The van der Waals surface area contributed by atoms with E-state index in [2.05, 4.69) is 0 Å². The SMILES string of the molecule is COc1ccc(C)cc1C(O)C1COCCO1. The molecule has 2 rings (SSSR count). The number of hydrogen-bond acceptors (Lipinski definition) is 4. The van der Waals surface area contributed by atoms with E-state index in [0.29, 0.717) is 25.6 Å². The van der Waals surface area contributed by atoms with Crippen LogP contribution in [0.3, 0.4) is 0 Å². The highest BCUT2D eigenvalue weighted by Gasteiger charge is 2.26. The van der Waals surface area contributed by atoms with E-state index in [0.717, 1.165) is 11.1 Å². The maximum Gasteiger partial charge on any atom is 0.124 e. The fraction of sp³-hybridized carbons (Fsp3) is 0.538. The number of benzene rings is 1. The summed E-state index contributed by atoms with van der Waals surface area (Å²) in [7, 11) is 1.60. The molecule has 1 aliphatic heterocycles. The zero-order chi connectivity index (χ0) is 12.3. The van der Waals surface area contributed by atoms with Gasteiger partial charge >= 0.3 is 0 Å². The highest BCUT2D eigenvalue weighted by molar-refractivity contribution is 5.38. The Hall–Kier alpha value is -1.10. The van der Waals surface area contributed by atoms with Gasteiger partial charge in [-0.3, -0.25) is 0 Å². The fourth-order valence-electron chi connectivity index (χ4n) is 1.97. The Morgan fingerprint density at radius 2 is 2.24 bits per heavy atom. The van der Waals surface area contributed by atoms with E-state index in [1.54, 1.807) is 7.11 Å². The number of aryl methyl sites for hydroxylation is 1. The molecule has 2 atom stereocenters. The van der Waals surface area contributed by atoms with E-state index in [1.807, 2.05) is 25.1 Å². The van der Waals surface area contributed by atoms with Crippen molar-refractivity contribution in [2.45, 2.75) is 19.1 Å². The lowest BCUT2D eigenvalue weighted by molar-refractivity contribution is -0.133. The standard InChI is InChI=1S/C13H18O4/c1-9-3-4-11(15-2)10(7-9)13(14)12-8-16-5-6-17-12/h3-4,7,12-14H,5-6,8H2,1-2H3. The van der Waals surface area contributed by atoms with Crippen molar-refractivity contribution in [1.82, 2.24) is 0 Å². The van der Waals surface area contributed by atoms with E-state index >= 15 is 0 Å². The number of hydrogen-bond donors (Lipinski definition) is 1. The first-order chi connectivity index (χ1) is 8.22. The van der Waals surface area contributed by atoms with Crippen molar-refractivity contribution in [3.63, 3.8) is 0 Å². The van der Waals surface area contributed by atoms with E-state index < -0.39 is 6.10 Å². The van der Waals surface area contributed by atoms with Crippen LogP contribution in [-0.4, -0.2) is 38.1 Å². The van der Waals surface area contributed by atoms with Crippen molar-refractivity contribution in [2.24, 2.45) is 0 Å². The lowest BCUT2D eigenvalue weighted by atomic mass is 10.0. The largest absolute Gasteiger partial charge is 0.496 e. The number of rotatable bonds is 3. The van der Waals surface area contributed by atoms with Crippen molar-refractivity contribution in [3.05, 3.63) is 29.3 Å². The Kier molecular flexibility index (Phi) is 3.99. The maximum absolute atomic E-state index is 10.3. The minimum atomic E-state index is -0.717. The first kappa shape index (κ1) is 12.4. The topological polar surface area (TPSA) is 47.9 Å². The van der Waals surface area contributed by atoms with Gasteiger partial charge in [0, 0.05) is 5.56 Å². The Balaban J connectivity index is 2.21. The molecule has 1 aromatic rings. The third kappa shape index (κ3) is 2.77. The van der Waals surface area contributed by atoms with Crippen molar-refractivity contribution in [3.8, 4) is 5.75 Å². The van der Waals surface area contributed by atoms with Gasteiger partial charge < -0.3 is 19.3 Å². The van der Waals surface area contributed by atoms with Crippen LogP contribution < -0.4 is 4.74 Å². The minimum absolute atomic E-state index is 0.320. The van der Waals surface area contributed by atoms with Crippen LogP contribution in [-0.2, 0) is 9.47 Å². The molecule has 1 aliphatic rings. The van der Waals surface area contributed by atoms with Crippen molar-refractivity contribution < 1.29 is 19.3 Å². The van der Waals surface area contributed by atoms with Crippen LogP contribution in [0.25, 0.3) is 0 Å². The summed E-state index contributed by atoms with van der Waals surface area (Å²) in [6.07, 6.45) is -1.04. The summed E-state index contributed by atoms with van der Waals surface area (Å²) in [4.78, 5) is 0. The number of aliphatic hydroxyl groups excluding tert-OH is 1. The van der Waals surface area contributed by atoms with Gasteiger partial charge in [0.2, 0.25) is 0 Å². The van der Waals surface area contributed by atoms with Crippen LogP contribution in [0.5, 0.6) is 5.75 Å². The molecular weight excluding hydrogens is 220 g/mol. The summed E-state index contributed by atoms with van der Waals surface area (Å²) in [6.45, 7) is 3.51. The molecule has 94 valence electrons. The summed E-state index contributed by atoms with van der Waals surface area (Å²) < 4.78 is 16.1. The first-order valence-corrected chi connectivity index (χ1v) is 5.74. The van der Waals surface area contributed by atoms with Gasteiger partial charge in [-0.2, -0.15) is 0 Å². The molecule has 4 heteroatoms. The van der Waals surface area contributed by atoms with Gasteiger partial charge in [-0.1, -0.05) is 11.6 Å². The molecule has 0 saturated carbocycles. The average molecular weight is 238 g/mol.